The van der Waals surface area contributed by atoms with Gasteiger partial charge in [0.05, 0.1) is 0 Å². The second kappa shape index (κ2) is 4.86. The van der Waals surface area contributed by atoms with Crippen molar-refractivity contribution in [3.8, 4) is 0 Å². The van der Waals surface area contributed by atoms with Crippen LogP contribution in [0.3, 0.4) is 0 Å². The number of rotatable bonds is 2. The first-order chi connectivity index (χ1) is 6.15. The molecule has 0 saturated heterocycles. The Labute approximate surface area is 85.4 Å². The number of nitrogens with one attached hydrogen (secondary N) is 1. The van der Waals surface area contributed by atoms with Crippen molar-refractivity contribution in [3.05, 3.63) is 0 Å². The van der Waals surface area contributed by atoms with Gasteiger partial charge in [-0.25, -0.2) is 0 Å². The third-order valence-electron chi connectivity index (χ3n) is 2.65. The number of hydrogen-bond acceptors (Lipinski definition) is 3. The number of carbonyl (C=O) groups is 1. The molecule has 1 amide bonds. The summed E-state index contributed by atoms with van der Waals surface area (Å²) in [5, 5.41) is 0. The van der Waals surface area contributed by atoms with Crippen molar-refractivity contribution < 1.29 is 4.79 Å². The molecule has 76 valence electrons. The highest BCUT2D eigenvalue weighted by Crippen LogP contribution is 2.25. The van der Waals surface area contributed by atoms with Crippen molar-refractivity contribution in [3.63, 3.8) is 0 Å². The van der Waals surface area contributed by atoms with Crippen LogP contribution < -0.4 is 4.72 Å². The summed E-state index contributed by atoms with van der Waals surface area (Å²) in [6, 6.07) is 0.408. The highest BCUT2D eigenvalue weighted by Gasteiger charge is 2.27. The molecule has 4 heteroatoms. The van der Waals surface area contributed by atoms with Gasteiger partial charge in [-0.3, -0.25) is 9.52 Å². The molecule has 0 radical (unpaired) electrons. The van der Waals surface area contributed by atoms with Gasteiger partial charge in [-0.15, -0.1) is 0 Å². The summed E-state index contributed by atoms with van der Waals surface area (Å²) in [4.78, 5) is 13.3. The van der Waals surface area contributed by atoms with Gasteiger partial charge in [-0.1, -0.05) is 19.2 Å². The molecule has 0 aromatic carbocycles. The average Bonchev–Trinajstić information content (AvgIpc) is 2.16. The number of hydrogen-bond donors (Lipinski definition) is 2. The SMILES string of the molecule is CN(C)C(=O)C1CCCC(NS)C1. The van der Waals surface area contributed by atoms with Crippen LogP contribution in [0.15, 0.2) is 0 Å². The number of nitrogens with zero attached hydrogens (tertiary/aromatic N) is 1. The quantitative estimate of drug-likeness (QED) is 0.657. The summed E-state index contributed by atoms with van der Waals surface area (Å²) in [5.41, 5.74) is 0. The summed E-state index contributed by atoms with van der Waals surface area (Å²) in [6.07, 6.45) is 4.23. The van der Waals surface area contributed by atoms with Crippen LogP contribution >= 0.6 is 12.8 Å². The fourth-order valence-electron chi connectivity index (χ4n) is 1.90. The summed E-state index contributed by atoms with van der Waals surface area (Å²) < 4.78 is 2.95. The van der Waals surface area contributed by atoms with Crippen molar-refractivity contribution in [2.24, 2.45) is 5.92 Å². The maximum atomic E-state index is 11.6. The van der Waals surface area contributed by atoms with Gasteiger partial charge in [0.25, 0.3) is 0 Å². The maximum Gasteiger partial charge on any atom is 0.225 e. The van der Waals surface area contributed by atoms with E-state index in [0.717, 1.165) is 25.7 Å². The molecule has 0 spiro atoms. The molecule has 0 bridgehead atoms. The van der Waals surface area contributed by atoms with E-state index in [1.165, 1.54) is 0 Å². The van der Waals surface area contributed by atoms with E-state index in [4.69, 9.17) is 0 Å². The zero-order valence-corrected chi connectivity index (χ0v) is 9.18. The Kier molecular flexibility index (Phi) is 4.06. The second-order valence-corrected chi connectivity index (χ2v) is 4.18. The molecule has 0 aromatic heterocycles. The van der Waals surface area contributed by atoms with Gasteiger partial charge in [-0.2, -0.15) is 0 Å². The van der Waals surface area contributed by atoms with E-state index in [-0.39, 0.29) is 11.8 Å². The number of thiol groups is 1. The summed E-state index contributed by atoms with van der Waals surface area (Å²) in [7, 11) is 3.64. The van der Waals surface area contributed by atoms with Crippen molar-refractivity contribution in [2.45, 2.75) is 31.7 Å². The van der Waals surface area contributed by atoms with Crippen LogP contribution in [-0.4, -0.2) is 30.9 Å². The van der Waals surface area contributed by atoms with Crippen molar-refractivity contribution in [1.29, 1.82) is 0 Å². The molecule has 2 atom stereocenters. The van der Waals surface area contributed by atoms with Crippen LogP contribution in [-0.2, 0) is 4.79 Å². The van der Waals surface area contributed by atoms with Crippen LogP contribution in [0, 0.1) is 5.92 Å². The minimum absolute atomic E-state index is 0.202. The topological polar surface area (TPSA) is 32.3 Å². The minimum atomic E-state index is 0.202. The molecule has 2 unspecified atom stereocenters. The molecule has 1 saturated carbocycles. The van der Waals surface area contributed by atoms with E-state index in [2.05, 4.69) is 17.5 Å². The minimum Gasteiger partial charge on any atom is -0.349 e. The maximum absolute atomic E-state index is 11.6. The summed E-state index contributed by atoms with van der Waals surface area (Å²) in [5.74, 6) is 0.460. The van der Waals surface area contributed by atoms with Crippen LogP contribution in [0.5, 0.6) is 0 Å². The smallest absolute Gasteiger partial charge is 0.225 e. The fraction of sp³-hybridized carbons (Fsp3) is 0.889. The standard InChI is InChI=1S/C9H18N2OS/c1-11(2)9(12)7-4-3-5-8(6-7)10-13/h7-8,10,13H,3-6H2,1-2H3. The van der Waals surface area contributed by atoms with Gasteiger partial charge in [-0.05, 0) is 19.3 Å². The lowest BCUT2D eigenvalue weighted by Gasteiger charge is -2.29. The van der Waals surface area contributed by atoms with Crippen LogP contribution in [0.1, 0.15) is 25.7 Å². The van der Waals surface area contributed by atoms with Gasteiger partial charge < -0.3 is 4.90 Å². The fourth-order valence-corrected chi connectivity index (χ4v) is 2.13. The molecular weight excluding hydrogens is 184 g/mol. The molecule has 1 aliphatic rings. The Morgan fingerprint density at radius 2 is 2.15 bits per heavy atom. The van der Waals surface area contributed by atoms with E-state index in [1.807, 2.05) is 14.1 Å². The average molecular weight is 202 g/mol. The van der Waals surface area contributed by atoms with Crippen LogP contribution in [0.4, 0.5) is 0 Å². The highest BCUT2D eigenvalue weighted by atomic mass is 32.1. The lowest BCUT2D eigenvalue weighted by Crippen LogP contribution is -2.37. The molecule has 1 aliphatic carbocycles. The van der Waals surface area contributed by atoms with E-state index >= 15 is 0 Å². The van der Waals surface area contributed by atoms with Gasteiger partial charge >= 0.3 is 0 Å². The van der Waals surface area contributed by atoms with E-state index in [1.54, 1.807) is 4.90 Å². The first-order valence-electron chi connectivity index (χ1n) is 4.76. The van der Waals surface area contributed by atoms with E-state index in [9.17, 15) is 4.79 Å². The van der Waals surface area contributed by atoms with Crippen molar-refractivity contribution in [2.75, 3.05) is 14.1 Å². The van der Waals surface area contributed by atoms with Crippen molar-refractivity contribution >= 4 is 18.7 Å². The van der Waals surface area contributed by atoms with E-state index in [0.29, 0.717) is 6.04 Å². The Morgan fingerprint density at radius 3 is 2.69 bits per heavy atom. The van der Waals surface area contributed by atoms with Gasteiger partial charge in [0.15, 0.2) is 0 Å². The molecule has 0 aromatic rings. The summed E-state index contributed by atoms with van der Waals surface area (Å²) >= 11 is 4.05. The molecular formula is C9H18N2OS. The van der Waals surface area contributed by atoms with Gasteiger partial charge in [0, 0.05) is 26.1 Å². The third kappa shape index (κ3) is 2.88. The molecule has 1 N–H and O–H groups in total. The number of amides is 1. The van der Waals surface area contributed by atoms with Crippen molar-refractivity contribution in [1.82, 2.24) is 9.62 Å². The first-order valence-corrected chi connectivity index (χ1v) is 5.20. The largest absolute Gasteiger partial charge is 0.349 e. The molecule has 1 fully saturated rings. The monoisotopic (exact) mass is 202 g/mol. The summed E-state index contributed by atoms with van der Waals surface area (Å²) in [6.45, 7) is 0. The first kappa shape index (κ1) is 10.9. The molecule has 0 aliphatic heterocycles. The Morgan fingerprint density at radius 1 is 1.46 bits per heavy atom. The highest BCUT2D eigenvalue weighted by molar-refractivity contribution is 7.78. The van der Waals surface area contributed by atoms with Gasteiger partial charge in [0.2, 0.25) is 5.91 Å². The number of carbonyl (C=O) groups excluding carboxylic acids is 1. The predicted octanol–water partition coefficient (Wildman–Crippen LogP) is 1.07. The Hall–Kier alpha value is -0.220. The Balaban J connectivity index is 2.46. The predicted molar refractivity (Wildman–Crippen MR) is 56.6 cm³/mol. The third-order valence-corrected chi connectivity index (χ3v) is 3.01. The van der Waals surface area contributed by atoms with E-state index < -0.39 is 0 Å². The zero-order chi connectivity index (χ0) is 9.84. The molecule has 1 rings (SSSR count). The molecule has 13 heavy (non-hydrogen) atoms. The van der Waals surface area contributed by atoms with Crippen LogP contribution in [0.2, 0.25) is 0 Å². The molecule has 3 nitrogen and oxygen atoms in total. The lowest BCUT2D eigenvalue weighted by molar-refractivity contribution is -0.134. The molecule has 0 heterocycles. The lowest BCUT2D eigenvalue weighted by atomic mass is 9.85. The van der Waals surface area contributed by atoms with Crippen LogP contribution in [0.25, 0.3) is 0 Å². The normalized spacial score (nSPS) is 28.5. The zero-order valence-electron chi connectivity index (χ0n) is 8.29. The second-order valence-electron chi connectivity index (χ2n) is 3.92. The van der Waals surface area contributed by atoms with Gasteiger partial charge in [0.1, 0.15) is 0 Å². The Bertz CT molecular complexity index is 184.